The molecule has 2 heterocycles. The van der Waals surface area contributed by atoms with Gasteiger partial charge >= 0.3 is 0 Å². The normalized spacial score (nSPS) is 15.8. The summed E-state index contributed by atoms with van der Waals surface area (Å²) in [5.41, 5.74) is 2.20. The van der Waals surface area contributed by atoms with Crippen molar-refractivity contribution in [1.82, 2.24) is 9.78 Å². The number of hydrogen-bond donors (Lipinski definition) is 0. The fourth-order valence-corrected chi connectivity index (χ4v) is 3.56. The zero-order valence-electron chi connectivity index (χ0n) is 14.6. The molecule has 4 rings (SSSR count). The zero-order valence-corrected chi connectivity index (χ0v) is 14.6. The van der Waals surface area contributed by atoms with Gasteiger partial charge in [0.2, 0.25) is 12.0 Å². The van der Waals surface area contributed by atoms with Crippen molar-refractivity contribution in [1.29, 1.82) is 0 Å². The summed E-state index contributed by atoms with van der Waals surface area (Å²) in [6.07, 6.45) is 5.20. The molecule has 0 spiro atoms. The summed E-state index contributed by atoms with van der Waals surface area (Å²) in [5.74, 6) is 2.61. The Morgan fingerprint density at radius 2 is 1.76 bits per heavy atom. The lowest BCUT2D eigenvalue weighted by Crippen LogP contribution is -2.37. The molecule has 1 aromatic heterocycles. The molecule has 0 saturated heterocycles. The average Bonchev–Trinajstić information content (AvgIpc) is 3.23. The summed E-state index contributed by atoms with van der Waals surface area (Å²) in [6, 6.07) is 16.8. The van der Waals surface area contributed by atoms with Crippen LogP contribution < -0.4 is 14.0 Å². The van der Waals surface area contributed by atoms with E-state index in [0.717, 1.165) is 42.3 Å². The van der Waals surface area contributed by atoms with Gasteiger partial charge in [0.05, 0.1) is 20.3 Å². The van der Waals surface area contributed by atoms with Crippen molar-refractivity contribution in [3.05, 3.63) is 66.2 Å². The number of ether oxygens (including phenoxy) is 2. The van der Waals surface area contributed by atoms with E-state index in [0.29, 0.717) is 6.04 Å². The Hall–Kier alpha value is -2.82. The molecule has 0 aliphatic carbocycles. The number of nitrogens with zero attached hydrogens (tertiary/aromatic N) is 3. The van der Waals surface area contributed by atoms with E-state index in [4.69, 9.17) is 14.6 Å². The first kappa shape index (κ1) is 15.7. The third-order valence-corrected chi connectivity index (χ3v) is 4.79. The van der Waals surface area contributed by atoms with Crippen LogP contribution in [-0.4, -0.2) is 24.0 Å². The first-order valence-electron chi connectivity index (χ1n) is 8.55. The number of benzene rings is 2. The van der Waals surface area contributed by atoms with Gasteiger partial charge in [-0.3, -0.25) is 0 Å². The van der Waals surface area contributed by atoms with Gasteiger partial charge < -0.3 is 9.47 Å². The SMILES string of the molecule is COc1cccc(OC)c1-n1c[n+]2c(n1)CC[C@@H]2Cc1ccccc1. The van der Waals surface area contributed by atoms with Crippen LogP contribution >= 0.6 is 0 Å². The molecule has 25 heavy (non-hydrogen) atoms. The molecule has 0 radical (unpaired) electrons. The number of hydrogen-bond acceptors (Lipinski definition) is 3. The molecule has 2 aromatic carbocycles. The summed E-state index contributed by atoms with van der Waals surface area (Å²) in [6.45, 7) is 0. The smallest absolute Gasteiger partial charge is 0.278 e. The lowest BCUT2D eigenvalue weighted by molar-refractivity contribution is -0.716. The summed E-state index contributed by atoms with van der Waals surface area (Å²) in [4.78, 5) is 0. The van der Waals surface area contributed by atoms with Crippen molar-refractivity contribution in [2.24, 2.45) is 0 Å². The highest BCUT2D eigenvalue weighted by Crippen LogP contribution is 2.32. The van der Waals surface area contributed by atoms with E-state index in [9.17, 15) is 0 Å². The number of methoxy groups -OCH3 is 2. The van der Waals surface area contributed by atoms with Gasteiger partial charge in [0.25, 0.3) is 5.82 Å². The number of aromatic nitrogens is 3. The van der Waals surface area contributed by atoms with Gasteiger partial charge in [-0.25, -0.2) is 4.57 Å². The highest BCUT2D eigenvalue weighted by molar-refractivity contribution is 5.56. The van der Waals surface area contributed by atoms with E-state index in [1.165, 1.54) is 5.56 Å². The summed E-state index contributed by atoms with van der Waals surface area (Å²) >= 11 is 0. The maximum atomic E-state index is 5.52. The molecule has 3 aromatic rings. The molecule has 0 bridgehead atoms. The van der Waals surface area contributed by atoms with Gasteiger partial charge in [-0.15, -0.1) is 0 Å². The first-order valence-corrected chi connectivity index (χ1v) is 8.55. The molecule has 0 saturated carbocycles. The van der Waals surface area contributed by atoms with Crippen molar-refractivity contribution >= 4 is 0 Å². The number of aryl methyl sites for hydroxylation is 1. The van der Waals surface area contributed by atoms with Gasteiger partial charge in [0.15, 0.2) is 11.5 Å². The maximum Gasteiger partial charge on any atom is 0.278 e. The Morgan fingerprint density at radius 1 is 1.04 bits per heavy atom. The van der Waals surface area contributed by atoms with Crippen molar-refractivity contribution < 1.29 is 14.0 Å². The van der Waals surface area contributed by atoms with Crippen molar-refractivity contribution in [2.75, 3.05) is 14.2 Å². The van der Waals surface area contributed by atoms with Gasteiger partial charge in [-0.1, -0.05) is 41.1 Å². The molecule has 0 N–H and O–H groups in total. The van der Waals surface area contributed by atoms with Crippen LogP contribution in [0.15, 0.2) is 54.9 Å². The molecular formula is C20H22N3O2+. The second-order valence-corrected chi connectivity index (χ2v) is 6.28. The van der Waals surface area contributed by atoms with E-state index >= 15 is 0 Å². The molecule has 5 nitrogen and oxygen atoms in total. The summed E-state index contributed by atoms with van der Waals surface area (Å²) in [7, 11) is 3.33. The van der Waals surface area contributed by atoms with Crippen LogP contribution in [0.2, 0.25) is 0 Å². The largest absolute Gasteiger partial charge is 0.493 e. The van der Waals surface area contributed by atoms with Crippen LogP contribution in [0.4, 0.5) is 0 Å². The Balaban J connectivity index is 1.69. The predicted molar refractivity (Wildman–Crippen MR) is 94.4 cm³/mol. The van der Waals surface area contributed by atoms with Crippen molar-refractivity contribution in [2.45, 2.75) is 25.3 Å². The summed E-state index contributed by atoms with van der Waals surface area (Å²) in [5, 5.41) is 4.79. The Labute approximate surface area is 147 Å². The van der Waals surface area contributed by atoms with Crippen molar-refractivity contribution in [3.8, 4) is 17.2 Å². The minimum Gasteiger partial charge on any atom is -0.493 e. The van der Waals surface area contributed by atoms with Crippen LogP contribution in [0.3, 0.4) is 0 Å². The van der Waals surface area contributed by atoms with Crippen molar-refractivity contribution in [3.63, 3.8) is 0 Å². The lowest BCUT2D eigenvalue weighted by atomic mass is 10.0. The third-order valence-electron chi connectivity index (χ3n) is 4.79. The van der Waals surface area contributed by atoms with Gasteiger partial charge in [-0.05, 0) is 24.1 Å². The number of para-hydroxylation sites is 1. The van der Waals surface area contributed by atoms with Crippen LogP contribution in [-0.2, 0) is 12.8 Å². The second-order valence-electron chi connectivity index (χ2n) is 6.28. The Kier molecular flexibility index (Phi) is 4.14. The molecule has 1 aliphatic rings. The standard InChI is InChI=1S/C20H22N3O2/c1-24-17-9-6-10-18(25-2)20(17)23-14-22-16(11-12-19(22)21-23)13-15-7-4-3-5-8-15/h3-10,14,16H,11-13H2,1-2H3/q+1/t16-/m1/s1. The van der Waals surface area contributed by atoms with E-state index in [1.807, 2.05) is 22.9 Å². The average molecular weight is 336 g/mol. The monoisotopic (exact) mass is 336 g/mol. The van der Waals surface area contributed by atoms with Crippen LogP contribution in [0.25, 0.3) is 5.69 Å². The quantitative estimate of drug-likeness (QED) is 0.673. The molecule has 5 heteroatoms. The number of fused-ring (bicyclic) bond motifs is 1. The number of rotatable bonds is 5. The van der Waals surface area contributed by atoms with Crippen LogP contribution in [0.1, 0.15) is 23.9 Å². The van der Waals surface area contributed by atoms with E-state index in [1.54, 1.807) is 14.2 Å². The highest BCUT2D eigenvalue weighted by atomic mass is 16.5. The minimum absolute atomic E-state index is 0.437. The highest BCUT2D eigenvalue weighted by Gasteiger charge is 2.33. The summed E-state index contributed by atoms with van der Waals surface area (Å²) < 4.78 is 15.2. The van der Waals surface area contributed by atoms with Gasteiger partial charge in [0.1, 0.15) is 0 Å². The van der Waals surface area contributed by atoms with E-state index in [-0.39, 0.29) is 0 Å². The molecule has 1 aliphatic heterocycles. The van der Waals surface area contributed by atoms with Crippen LogP contribution in [0.5, 0.6) is 11.5 Å². The third kappa shape index (κ3) is 2.86. The van der Waals surface area contributed by atoms with Gasteiger partial charge in [-0.2, -0.15) is 0 Å². The molecular weight excluding hydrogens is 314 g/mol. The fourth-order valence-electron chi connectivity index (χ4n) is 3.56. The predicted octanol–water partition coefficient (Wildman–Crippen LogP) is 2.91. The fraction of sp³-hybridized carbons (Fsp3) is 0.300. The second kappa shape index (κ2) is 6.59. The van der Waals surface area contributed by atoms with Gasteiger partial charge in [0, 0.05) is 17.9 Å². The Bertz CT molecular complexity index is 852. The molecule has 1 atom stereocenters. The molecule has 0 fully saturated rings. The van der Waals surface area contributed by atoms with Crippen LogP contribution in [0, 0.1) is 0 Å². The molecule has 0 amide bonds. The first-order chi connectivity index (χ1) is 12.3. The molecule has 0 unspecified atom stereocenters. The topological polar surface area (TPSA) is 40.2 Å². The Morgan fingerprint density at radius 3 is 2.44 bits per heavy atom. The zero-order chi connectivity index (χ0) is 17.2. The van der Waals surface area contributed by atoms with E-state index in [2.05, 4.69) is 41.2 Å². The van der Waals surface area contributed by atoms with E-state index < -0.39 is 0 Å². The maximum absolute atomic E-state index is 5.52. The lowest BCUT2D eigenvalue weighted by Gasteiger charge is -2.10. The minimum atomic E-state index is 0.437. The molecule has 128 valence electrons.